The van der Waals surface area contributed by atoms with E-state index in [4.69, 9.17) is 11.6 Å². The third-order valence-electron chi connectivity index (χ3n) is 1.74. The SMILES string of the molecule is CC(O)c1cccc(Cl)c1CF. The molecule has 0 radical (unpaired) electrons. The van der Waals surface area contributed by atoms with Gasteiger partial charge < -0.3 is 5.11 Å². The van der Waals surface area contributed by atoms with Crippen molar-refractivity contribution in [2.45, 2.75) is 19.7 Å². The third-order valence-corrected chi connectivity index (χ3v) is 2.09. The highest BCUT2D eigenvalue weighted by Crippen LogP contribution is 2.25. The van der Waals surface area contributed by atoms with Crippen LogP contribution in [0.15, 0.2) is 18.2 Å². The molecule has 12 heavy (non-hydrogen) atoms. The molecule has 1 atom stereocenters. The molecule has 0 aliphatic rings. The zero-order chi connectivity index (χ0) is 9.14. The van der Waals surface area contributed by atoms with Crippen LogP contribution in [0.4, 0.5) is 4.39 Å². The summed E-state index contributed by atoms with van der Waals surface area (Å²) in [6.07, 6.45) is -0.672. The van der Waals surface area contributed by atoms with E-state index in [0.29, 0.717) is 16.1 Å². The second kappa shape index (κ2) is 3.87. The lowest BCUT2D eigenvalue weighted by Crippen LogP contribution is -1.97. The van der Waals surface area contributed by atoms with Crippen LogP contribution >= 0.6 is 11.6 Å². The molecule has 1 rings (SSSR count). The fraction of sp³-hybridized carbons (Fsp3) is 0.333. The lowest BCUT2D eigenvalue weighted by Gasteiger charge is -2.10. The van der Waals surface area contributed by atoms with E-state index in [1.165, 1.54) is 0 Å². The Balaban J connectivity index is 3.18. The summed E-state index contributed by atoms with van der Waals surface area (Å²) in [5.41, 5.74) is 0.944. The Morgan fingerprint density at radius 2 is 2.25 bits per heavy atom. The summed E-state index contributed by atoms with van der Waals surface area (Å²) < 4.78 is 12.4. The number of benzene rings is 1. The van der Waals surface area contributed by atoms with Gasteiger partial charge in [-0.2, -0.15) is 0 Å². The van der Waals surface area contributed by atoms with Gasteiger partial charge in [0.05, 0.1) is 6.10 Å². The molecule has 0 amide bonds. The van der Waals surface area contributed by atoms with E-state index in [1.807, 2.05) is 0 Å². The monoisotopic (exact) mass is 188 g/mol. The molecule has 0 saturated carbocycles. The second-order valence-electron chi connectivity index (χ2n) is 2.62. The highest BCUT2D eigenvalue weighted by molar-refractivity contribution is 6.31. The van der Waals surface area contributed by atoms with Crippen molar-refractivity contribution in [3.05, 3.63) is 34.3 Å². The molecule has 0 aliphatic heterocycles. The second-order valence-corrected chi connectivity index (χ2v) is 3.02. The van der Waals surface area contributed by atoms with E-state index in [0.717, 1.165) is 0 Å². The van der Waals surface area contributed by atoms with E-state index in [1.54, 1.807) is 25.1 Å². The topological polar surface area (TPSA) is 20.2 Å². The van der Waals surface area contributed by atoms with Gasteiger partial charge in [0.15, 0.2) is 0 Å². The molecule has 0 bridgehead atoms. The molecule has 1 nitrogen and oxygen atoms in total. The number of hydrogen-bond acceptors (Lipinski definition) is 1. The zero-order valence-corrected chi connectivity index (χ0v) is 7.48. The fourth-order valence-corrected chi connectivity index (χ4v) is 1.34. The minimum atomic E-state index is -0.672. The Morgan fingerprint density at radius 1 is 1.58 bits per heavy atom. The highest BCUT2D eigenvalue weighted by atomic mass is 35.5. The molecule has 1 aromatic rings. The van der Waals surface area contributed by atoms with E-state index in [-0.39, 0.29) is 0 Å². The lowest BCUT2D eigenvalue weighted by molar-refractivity contribution is 0.197. The Hall–Kier alpha value is -0.600. The maximum Gasteiger partial charge on any atom is 0.116 e. The summed E-state index contributed by atoms with van der Waals surface area (Å²) in [5, 5.41) is 9.61. The average Bonchev–Trinajstić information content (AvgIpc) is 2.03. The smallest absolute Gasteiger partial charge is 0.116 e. The van der Waals surface area contributed by atoms with Crippen LogP contribution in [0.2, 0.25) is 5.02 Å². The largest absolute Gasteiger partial charge is 0.389 e. The van der Waals surface area contributed by atoms with Crippen LogP contribution in [-0.2, 0) is 6.67 Å². The summed E-state index contributed by atoms with van der Waals surface area (Å²) in [7, 11) is 0. The molecule has 0 heterocycles. The van der Waals surface area contributed by atoms with Gasteiger partial charge in [0.1, 0.15) is 6.67 Å². The van der Waals surface area contributed by atoms with E-state index in [2.05, 4.69) is 0 Å². The normalized spacial score (nSPS) is 13.0. The van der Waals surface area contributed by atoms with E-state index < -0.39 is 12.8 Å². The maximum atomic E-state index is 12.4. The number of aliphatic hydroxyl groups excluding tert-OH is 1. The first-order chi connectivity index (χ1) is 5.66. The number of hydrogen-bond donors (Lipinski definition) is 1. The Kier molecular flexibility index (Phi) is 3.06. The summed E-state index contributed by atoms with van der Waals surface area (Å²) in [6.45, 7) is 0.949. The summed E-state index contributed by atoms with van der Waals surface area (Å²) in [5.74, 6) is 0. The van der Waals surface area contributed by atoms with Gasteiger partial charge in [0.25, 0.3) is 0 Å². The molecule has 0 spiro atoms. The number of alkyl halides is 1. The quantitative estimate of drug-likeness (QED) is 0.757. The average molecular weight is 189 g/mol. The molecule has 66 valence electrons. The van der Waals surface area contributed by atoms with Gasteiger partial charge in [0.2, 0.25) is 0 Å². The maximum absolute atomic E-state index is 12.4. The van der Waals surface area contributed by atoms with Gasteiger partial charge >= 0.3 is 0 Å². The highest BCUT2D eigenvalue weighted by Gasteiger charge is 2.09. The van der Waals surface area contributed by atoms with Crippen LogP contribution in [0.25, 0.3) is 0 Å². The predicted octanol–water partition coefficient (Wildman–Crippen LogP) is 2.86. The van der Waals surface area contributed by atoms with Gasteiger partial charge in [-0.25, -0.2) is 4.39 Å². The van der Waals surface area contributed by atoms with Crippen molar-refractivity contribution in [1.82, 2.24) is 0 Å². The van der Waals surface area contributed by atoms with Crippen LogP contribution in [0, 0.1) is 0 Å². The molecule has 0 saturated heterocycles. The molecule has 1 unspecified atom stereocenters. The first-order valence-corrected chi connectivity index (χ1v) is 4.06. The van der Waals surface area contributed by atoms with Gasteiger partial charge in [-0.15, -0.1) is 0 Å². The standard InChI is InChI=1S/C9H10ClFO/c1-6(12)7-3-2-4-9(10)8(7)5-11/h2-4,6,12H,5H2,1H3. The summed E-state index contributed by atoms with van der Waals surface area (Å²) in [4.78, 5) is 0. The first kappa shape index (κ1) is 9.49. The van der Waals surface area contributed by atoms with Crippen molar-refractivity contribution in [2.75, 3.05) is 0 Å². The molecule has 0 aliphatic carbocycles. The third kappa shape index (κ3) is 1.76. The molecule has 3 heteroatoms. The van der Waals surface area contributed by atoms with E-state index in [9.17, 15) is 9.50 Å². The van der Waals surface area contributed by atoms with E-state index >= 15 is 0 Å². The molecule has 0 fully saturated rings. The van der Waals surface area contributed by atoms with Crippen LogP contribution in [0.1, 0.15) is 24.2 Å². The number of rotatable bonds is 2. The molecular formula is C9H10ClFO. The minimum Gasteiger partial charge on any atom is -0.389 e. The van der Waals surface area contributed by atoms with Gasteiger partial charge in [-0.05, 0) is 18.6 Å². The number of halogens is 2. The predicted molar refractivity (Wildman–Crippen MR) is 46.9 cm³/mol. The molecule has 1 aromatic carbocycles. The lowest BCUT2D eigenvalue weighted by atomic mass is 10.0. The molecule has 1 N–H and O–H groups in total. The summed E-state index contributed by atoms with van der Waals surface area (Å²) in [6, 6.07) is 4.98. The van der Waals surface area contributed by atoms with Crippen LogP contribution < -0.4 is 0 Å². The Bertz CT molecular complexity index is 273. The van der Waals surface area contributed by atoms with Crippen molar-refractivity contribution in [3.8, 4) is 0 Å². The summed E-state index contributed by atoms with van der Waals surface area (Å²) >= 11 is 5.72. The van der Waals surface area contributed by atoms with Crippen molar-refractivity contribution >= 4 is 11.6 Å². The Labute approximate surface area is 75.8 Å². The Morgan fingerprint density at radius 3 is 2.67 bits per heavy atom. The number of aliphatic hydroxyl groups is 1. The van der Waals surface area contributed by atoms with Gasteiger partial charge in [-0.1, -0.05) is 23.7 Å². The van der Waals surface area contributed by atoms with Crippen molar-refractivity contribution < 1.29 is 9.50 Å². The fourth-order valence-electron chi connectivity index (χ4n) is 1.11. The minimum absolute atomic E-state index is 0.371. The molecular weight excluding hydrogens is 179 g/mol. The van der Waals surface area contributed by atoms with Gasteiger partial charge in [0, 0.05) is 10.6 Å². The van der Waals surface area contributed by atoms with Crippen molar-refractivity contribution in [2.24, 2.45) is 0 Å². The first-order valence-electron chi connectivity index (χ1n) is 3.68. The van der Waals surface area contributed by atoms with Crippen molar-refractivity contribution in [3.63, 3.8) is 0 Å². The molecule has 0 aromatic heterocycles. The van der Waals surface area contributed by atoms with Crippen molar-refractivity contribution in [1.29, 1.82) is 0 Å². The van der Waals surface area contributed by atoms with Crippen LogP contribution in [0.5, 0.6) is 0 Å². The zero-order valence-electron chi connectivity index (χ0n) is 6.72. The van der Waals surface area contributed by atoms with Crippen LogP contribution in [0.3, 0.4) is 0 Å². The van der Waals surface area contributed by atoms with Gasteiger partial charge in [-0.3, -0.25) is 0 Å². The van der Waals surface area contributed by atoms with Crippen LogP contribution in [-0.4, -0.2) is 5.11 Å².